The minimum atomic E-state index is -0.282. The third-order valence-corrected chi connectivity index (χ3v) is 5.06. The maximum Gasteiger partial charge on any atom is 0.291 e. The van der Waals surface area contributed by atoms with Gasteiger partial charge in [0.25, 0.3) is 5.91 Å². The predicted octanol–water partition coefficient (Wildman–Crippen LogP) is 3.46. The molecular weight excluding hydrogens is 521 g/mol. The zero-order valence-electron chi connectivity index (χ0n) is 18.8. The number of furan rings is 1. The van der Waals surface area contributed by atoms with E-state index in [2.05, 4.69) is 20.9 Å². The summed E-state index contributed by atoms with van der Waals surface area (Å²) in [5.74, 6) is 0.950. The number of amides is 2. The SMILES string of the molecule is CCNC(=NCc1ccc(NC(=O)c2ccco2)cc1)NC1CCN(C(=O)C(C)C)C1.I. The molecule has 1 aromatic carbocycles. The van der Waals surface area contributed by atoms with E-state index in [0.717, 1.165) is 31.0 Å². The Labute approximate surface area is 206 Å². The lowest BCUT2D eigenvalue weighted by Crippen LogP contribution is -2.45. The lowest BCUT2D eigenvalue weighted by molar-refractivity contribution is -0.133. The number of nitrogens with one attached hydrogen (secondary N) is 3. The third-order valence-electron chi connectivity index (χ3n) is 5.06. The van der Waals surface area contributed by atoms with Crippen LogP contribution < -0.4 is 16.0 Å². The minimum absolute atomic E-state index is 0. The van der Waals surface area contributed by atoms with Crippen LogP contribution in [0.4, 0.5) is 5.69 Å². The molecule has 3 rings (SSSR count). The van der Waals surface area contributed by atoms with E-state index in [-0.39, 0.29) is 53.5 Å². The van der Waals surface area contributed by atoms with Crippen molar-refractivity contribution in [2.24, 2.45) is 10.9 Å². The number of guanidine groups is 1. The number of aliphatic imine (C=N–C) groups is 1. The van der Waals surface area contributed by atoms with Gasteiger partial charge in [0.1, 0.15) is 0 Å². The van der Waals surface area contributed by atoms with Gasteiger partial charge in [-0.1, -0.05) is 26.0 Å². The summed E-state index contributed by atoms with van der Waals surface area (Å²) in [5.41, 5.74) is 1.72. The van der Waals surface area contributed by atoms with Gasteiger partial charge in [0.05, 0.1) is 12.8 Å². The number of likely N-dealkylation sites (tertiary alicyclic amines) is 1. The number of hydrogen-bond acceptors (Lipinski definition) is 4. The van der Waals surface area contributed by atoms with E-state index in [1.54, 1.807) is 12.1 Å². The molecule has 174 valence electrons. The van der Waals surface area contributed by atoms with Crippen LogP contribution in [-0.2, 0) is 11.3 Å². The maximum atomic E-state index is 12.2. The molecule has 1 aliphatic rings. The summed E-state index contributed by atoms with van der Waals surface area (Å²) in [7, 11) is 0. The first-order chi connectivity index (χ1) is 15.0. The average molecular weight is 553 g/mol. The highest BCUT2D eigenvalue weighted by atomic mass is 127. The molecule has 8 nitrogen and oxygen atoms in total. The molecule has 1 unspecified atom stereocenters. The Bertz CT molecular complexity index is 897. The number of carbonyl (C=O) groups is 2. The number of rotatable bonds is 7. The van der Waals surface area contributed by atoms with Crippen LogP contribution in [0.5, 0.6) is 0 Å². The summed E-state index contributed by atoms with van der Waals surface area (Å²) in [4.78, 5) is 30.8. The van der Waals surface area contributed by atoms with E-state index in [1.165, 1.54) is 6.26 Å². The van der Waals surface area contributed by atoms with Crippen molar-refractivity contribution in [1.29, 1.82) is 0 Å². The highest BCUT2D eigenvalue weighted by Gasteiger charge is 2.27. The van der Waals surface area contributed by atoms with Crippen LogP contribution in [0.3, 0.4) is 0 Å². The fraction of sp³-hybridized carbons (Fsp3) is 0.435. The van der Waals surface area contributed by atoms with E-state index in [0.29, 0.717) is 18.8 Å². The number of nitrogens with zero attached hydrogens (tertiary/aromatic N) is 2. The lowest BCUT2D eigenvalue weighted by Gasteiger charge is -2.20. The zero-order chi connectivity index (χ0) is 22.2. The summed E-state index contributed by atoms with van der Waals surface area (Å²) < 4.78 is 5.10. The summed E-state index contributed by atoms with van der Waals surface area (Å²) in [5, 5.41) is 9.51. The molecule has 0 saturated carbocycles. The van der Waals surface area contributed by atoms with E-state index in [1.807, 2.05) is 49.9 Å². The first kappa shape index (κ1) is 25.7. The zero-order valence-corrected chi connectivity index (χ0v) is 21.1. The molecular formula is C23H32IN5O3. The van der Waals surface area contributed by atoms with Gasteiger partial charge in [0, 0.05) is 37.3 Å². The molecule has 0 bridgehead atoms. The van der Waals surface area contributed by atoms with Gasteiger partial charge in [-0.2, -0.15) is 0 Å². The summed E-state index contributed by atoms with van der Waals surface area (Å²) in [6, 6.07) is 11.1. The van der Waals surface area contributed by atoms with Gasteiger partial charge in [-0.05, 0) is 43.2 Å². The Balaban J connectivity index is 0.00000363. The summed E-state index contributed by atoms with van der Waals surface area (Å²) in [6.07, 6.45) is 2.38. The van der Waals surface area contributed by atoms with Crippen LogP contribution in [0, 0.1) is 5.92 Å². The van der Waals surface area contributed by atoms with E-state index < -0.39 is 0 Å². The monoisotopic (exact) mass is 553 g/mol. The van der Waals surface area contributed by atoms with Gasteiger partial charge in [-0.15, -0.1) is 24.0 Å². The molecule has 0 radical (unpaired) electrons. The van der Waals surface area contributed by atoms with Crippen LogP contribution in [0.1, 0.15) is 43.3 Å². The van der Waals surface area contributed by atoms with Crippen molar-refractivity contribution >= 4 is 47.4 Å². The molecule has 9 heteroatoms. The Morgan fingerprint density at radius 3 is 2.59 bits per heavy atom. The molecule has 0 spiro atoms. The average Bonchev–Trinajstić information content (AvgIpc) is 3.45. The second-order valence-corrected chi connectivity index (χ2v) is 7.89. The minimum Gasteiger partial charge on any atom is -0.459 e. The van der Waals surface area contributed by atoms with Crippen molar-refractivity contribution in [2.45, 2.75) is 39.8 Å². The maximum absolute atomic E-state index is 12.2. The molecule has 3 N–H and O–H groups in total. The van der Waals surface area contributed by atoms with Crippen molar-refractivity contribution in [3.8, 4) is 0 Å². The molecule has 1 fully saturated rings. The van der Waals surface area contributed by atoms with Crippen molar-refractivity contribution in [3.63, 3.8) is 0 Å². The van der Waals surface area contributed by atoms with Gasteiger partial charge in [-0.25, -0.2) is 4.99 Å². The molecule has 2 heterocycles. The fourth-order valence-corrected chi connectivity index (χ4v) is 3.42. The topological polar surface area (TPSA) is 99.0 Å². The molecule has 1 aromatic heterocycles. The summed E-state index contributed by atoms with van der Waals surface area (Å²) >= 11 is 0. The second-order valence-electron chi connectivity index (χ2n) is 7.89. The second kappa shape index (κ2) is 12.5. The van der Waals surface area contributed by atoms with Crippen LogP contribution in [-0.4, -0.2) is 48.3 Å². The molecule has 1 aliphatic heterocycles. The summed E-state index contributed by atoms with van der Waals surface area (Å²) in [6.45, 7) is 8.63. The Hall–Kier alpha value is -2.56. The van der Waals surface area contributed by atoms with E-state index >= 15 is 0 Å². The smallest absolute Gasteiger partial charge is 0.291 e. The fourth-order valence-electron chi connectivity index (χ4n) is 3.42. The highest BCUT2D eigenvalue weighted by molar-refractivity contribution is 14.0. The third kappa shape index (κ3) is 7.25. The van der Waals surface area contributed by atoms with Crippen molar-refractivity contribution < 1.29 is 14.0 Å². The molecule has 2 aromatic rings. The van der Waals surface area contributed by atoms with Gasteiger partial charge < -0.3 is 25.3 Å². The first-order valence-corrected chi connectivity index (χ1v) is 10.7. The van der Waals surface area contributed by atoms with Crippen LogP contribution >= 0.6 is 24.0 Å². The van der Waals surface area contributed by atoms with E-state index in [4.69, 9.17) is 4.42 Å². The molecule has 1 atom stereocenters. The number of carbonyl (C=O) groups excluding carboxylic acids is 2. The predicted molar refractivity (Wildman–Crippen MR) is 136 cm³/mol. The number of anilines is 1. The van der Waals surface area contributed by atoms with Gasteiger partial charge in [0.15, 0.2) is 11.7 Å². The van der Waals surface area contributed by atoms with Crippen LogP contribution in [0.2, 0.25) is 0 Å². The Morgan fingerprint density at radius 2 is 1.97 bits per heavy atom. The molecule has 2 amide bonds. The number of benzene rings is 1. The molecule has 32 heavy (non-hydrogen) atoms. The normalized spacial score (nSPS) is 15.9. The first-order valence-electron chi connectivity index (χ1n) is 10.7. The van der Waals surface area contributed by atoms with Crippen molar-refractivity contribution in [3.05, 3.63) is 54.0 Å². The lowest BCUT2D eigenvalue weighted by atomic mass is 10.2. The largest absolute Gasteiger partial charge is 0.459 e. The molecule has 1 saturated heterocycles. The highest BCUT2D eigenvalue weighted by Crippen LogP contribution is 2.14. The van der Waals surface area contributed by atoms with Crippen LogP contribution in [0.15, 0.2) is 52.1 Å². The van der Waals surface area contributed by atoms with Crippen LogP contribution in [0.25, 0.3) is 0 Å². The Morgan fingerprint density at radius 1 is 1.22 bits per heavy atom. The van der Waals surface area contributed by atoms with Gasteiger partial charge >= 0.3 is 0 Å². The van der Waals surface area contributed by atoms with Gasteiger partial charge in [-0.3, -0.25) is 9.59 Å². The van der Waals surface area contributed by atoms with Crippen molar-refractivity contribution in [2.75, 3.05) is 25.0 Å². The van der Waals surface area contributed by atoms with E-state index in [9.17, 15) is 9.59 Å². The van der Waals surface area contributed by atoms with Gasteiger partial charge in [0.2, 0.25) is 5.91 Å². The standard InChI is InChI=1S/C23H31N5O3.HI/c1-4-24-23(27-19-11-12-28(15-19)22(30)16(2)3)25-14-17-7-9-18(10-8-17)26-21(29)20-6-5-13-31-20;/h5-10,13,16,19H,4,11-12,14-15H2,1-3H3,(H,26,29)(H2,24,25,27);1H. The number of halogens is 1. The Kier molecular flexibility index (Phi) is 10.0. The van der Waals surface area contributed by atoms with Crippen molar-refractivity contribution in [1.82, 2.24) is 15.5 Å². The quantitative estimate of drug-likeness (QED) is 0.277. The number of hydrogen-bond donors (Lipinski definition) is 3. The molecule has 0 aliphatic carbocycles.